The van der Waals surface area contributed by atoms with Crippen molar-refractivity contribution < 1.29 is 9.90 Å². The van der Waals surface area contributed by atoms with E-state index in [-0.39, 0.29) is 11.3 Å². The monoisotopic (exact) mass is 425 g/mol. The van der Waals surface area contributed by atoms with Gasteiger partial charge in [0.05, 0.1) is 28.8 Å². The molecule has 0 unspecified atom stereocenters. The number of imidazole rings is 1. The van der Waals surface area contributed by atoms with Gasteiger partial charge in [-0.15, -0.1) is 0 Å². The summed E-state index contributed by atoms with van der Waals surface area (Å²) in [6.45, 7) is 4.29. The van der Waals surface area contributed by atoms with E-state index < -0.39 is 5.97 Å². The highest BCUT2D eigenvalue weighted by atomic mass is 16.4. The first-order valence-electron chi connectivity index (χ1n) is 10.5. The molecule has 3 aromatic carbocycles. The van der Waals surface area contributed by atoms with Crippen LogP contribution < -0.4 is 5.69 Å². The third kappa shape index (κ3) is 2.87. The smallest absolute Gasteiger partial charge is 0.337 e. The number of para-hydroxylation sites is 3. The van der Waals surface area contributed by atoms with Gasteiger partial charge in [0, 0.05) is 24.1 Å². The van der Waals surface area contributed by atoms with E-state index in [1.807, 2.05) is 50.4 Å². The Labute approximate surface area is 184 Å². The van der Waals surface area contributed by atoms with Gasteiger partial charge in [-0.05, 0) is 54.8 Å². The Hall–Kier alpha value is -4.06. The first kappa shape index (κ1) is 19.9. The fourth-order valence-electron chi connectivity index (χ4n) is 4.73. The number of benzene rings is 3. The van der Waals surface area contributed by atoms with Crippen molar-refractivity contribution in [3.8, 4) is 5.69 Å². The van der Waals surface area contributed by atoms with Gasteiger partial charge >= 0.3 is 11.7 Å². The van der Waals surface area contributed by atoms with E-state index in [4.69, 9.17) is 0 Å². The predicted molar refractivity (Wildman–Crippen MR) is 126 cm³/mol. The van der Waals surface area contributed by atoms with Gasteiger partial charge in [0.2, 0.25) is 0 Å². The summed E-state index contributed by atoms with van der Waals surface area (Å²) in [6.07, 6.45) is 2.06. The SMILES string of the molecule is Cc1cccc(C(=O)O)c1-n1c(=O)n(Cc2cn(C)c3cccc(C)c23)c2ccccc21. The molecular formula is C26H23N3O3. The Morgan fingerprint density at radius 3 is 2.28 bits per heavy atom. The molecule has 0 aliphatic heterocycles. The van der Waals surface area contributed by atoms with Crippen LogP contribution in [0.25, 0.3) is 27.6 Å². The third-order valence-corrected chi connectivity index (χ3v) is 6.16. The van der Waals surface area contributed by atoms with Gasteiger partial charge in [-0.3, -0.25) is 9.13 Å². The summed E-state index contributed by atoms with van der Waals surface area (Å²) in [7, 11) is 2.00. The van der Waals surface area contributed by atoms with Crippen LogP contribution in [0.15, 0.2) is 71.7 Å². The summed E-state index contributed by atoms with van der Waals surface area (Å²) in [6, 6.07) is 18.8. The summed E-state index contributed by atoms with van der Waals surface area (Å²) < 4.78 is 5.34. The molecule has 5 rings (SSSR count). The molecule has 0 saturated heterocycles. The van der Waals surface area contributed by atoms with Gasteiger partial charge in [-0.2, -0.15) is 0 Å². The van der Waals surface area contributed by atoms with Crippen LogP contribution in [0.4, 0.5) is 0 Å². The van der Waals surface area contributed by atoms with E-state index in [2.05, 4.69) is 29.8 Å². The summed E-state index contributed by atoms with van der Waals surface area (Å²) in [5, 5.41) is 10.9. The van der Waals surface area contributed by atoms with E-state index in [1.165, 1.54) is 10.6 Å². The predicted octanol–water partition coefficient (Wildman–Crippen LogP) is 4.65. The molecule has 32 heavy (non-hydrogen) atoms. The van der Waals surface area contributed by atoms with Gasteiger partial charge in [0.15, 0.2) is 0 Å². The normalized spacial score (nSPS) is 11.5. The van der Waals surface area contributed by atoms with Crippen LogP contribution >= 0.6 is 0 Å². The number of carbonyl (C=O) groups is 1. The molecule has 0 atom stereocenters. The molecule has 0 amide bonds. The lowest BCUT2D eigenvalue weighted by Crippen LogP contribution is -2.25. The second kappa shape index (κ2) is 7.27. The molecule has 0 radical (unpaired) electrons. The van der Waals surface area contributed by atoms with Crippen LogP contribution in [-0.4, -0.2) is 24.8 Å². The van der Waals surface area contributed by atoms with Crippen molar-refractivity contribution in [1.82, 2.24) is 13.7 Å². The molecule has 0 aliphatic carbocycles. The standard InChI is InChI=1S/C26H23N3O3/c1-16-8-7-13-22-23(16)18(14-27(22)3)15-28-20-11-4-5-12-21(20)29(26(28)32)24-17(2)9-6-10-19(24)25(30)31/h4-14H,15H2,1-3H3,(H,30,31). The number of aromatic nitrogens is 3. The Balaban J connectivity index is 1.80. The van der Waals surface area contributed by atoms with E-state index in [0.717, 1.165) is 33.1 Å². The van der Waals surface area contributed by atoms with Crippen molar-refractivity contribution >= 4 is 27.9 Å². The summed E-state index contributed by atoms with van der Waals surface area (Å²) >= 11 is 0. The zero-order chi connectivity index (χ0) is 22.6. The lowest BCUT2D eigenvalue weighted by atomic mass is 10.1. The van der Waals surface area contributed by atoms with Gasteiger partial charge in [0.1, 0.15) is 0 Å². The van der Waals surface area contributed by atoms with Crippen molar-refractivity contribution in [3.05, 3.63) is 99.6 Å². The lowest BCUT2D eigenvalue weighted by molar-refractivity contribution is 0.0697. The lowest BCUT2D eigenvalue weighted by Gasteiger charge is -2.11. The number of fused-ring (bicyclic) bond motifs is 2. The summed E-state index contributed by atoms with van der Waals surface area (Å²) in [5.41, 5.74) is 5.77. The van der Waals surface area contributed by atoms with Crippen molar-refractivity contribution in [1.29, 1.82) is 0 Å². The Bertz CT molecular complexity index is 1580. The number of carboxylic acids is 1. The zero-order valence-corrected chi connectivity index (χ0v) is 18.2. The number of hydrogen-bond acceptors (Lipinski definition) is 2. The van der Waals surface area contributed by atoms with Gasteiger partial charge in [-0.25, -0.2) is 9.59 Å². The molecule has 0 bridgehead atoms. The van der Waals surface area contributed by atoms with Crippen LogP contribution in [-0.2, 0) is 13.6 Å². The van der Waals surface area contributed by atoms with Crippen molar-refractivity contribution in [2.24, 2.45) is 7.05 Å². The summed E-state index contributed by atoms with van der Waals surface area (Å²) in [5.74, 6) is -1.06. The summed E-state index contributed by atoms with van der Waals surface area (Å²) in [4.78, 5) is 25.7. The quantitative estimate of drug-likeness (QED) is 0.456. The molecule has 160 valence electrons. The number of aryl methyl sites for hydroxylation is 3. The minimum Gasteiger partial charge on any atom is -0.478 e. The van der Waals surface area contributed by atoms with Crippen molar-refractivity contribution in [2.45, 2.75) is 20.4 Å². The minimum absolute atomic E-state index is 0.107. The van der Waals surface area contributed by atoms with Gasteiger partial charge in [0.25, 0.3) is 0 Å². The van der Waals surface area contributed by atoms with Crippen LogP contribution in [0.2, 0.25) is 0 Å². The first-order chi connectivity index (χ1) is 15.4. The second-order valence-corrected chi connectivity index (χ2v) is 8.20. The van der Waals surface area contributed by atoms with Crippen LogP contribution in [0, 0.1) is 13.8 Å². The highest BCUT2D eigenvalue weighted by Gasteiger charge is 2.22. The molecule has 6 nitrogen and oxygen atoms in total. The fraction of sp³-hybridized carbons (Fsp3) is 0.154. The minimum atomic E-state index is -1.06. The maximum Gasteiger partial charge on any atom is 0.337 e. The Kier molecular flexibility index (Phi) is 4.51. The highest BCUT2D eigenvalue weighted by Crippen LogP contribution is 2.27. The number of carboxylic acid groups (broad SMARTS) is 1. The molecular weight excluding hydrogens is 402 g/mol. The van der Waals surface area contributed by atoms with E-state index in [0.29, 0.717) is 17.7 Å². The molecule has 0 spiro atoms. The number of hydrogen-bond donors (Lipinski definition) is 1. The molecule has 1 N–H and O–H groups in total. The molecule has 5 aromatic rings. The van der Waals surface area contributed by atoms with E-state index in [9.17, 15) is 14.7 Å². The molecule has 0 fully saturated rings. The molecule has 6 heteroatoms. The zero-order valence-electron chi connectivity index (χ0n) is 18.2. The van der Waals surface area contributed by atoms with E-state index >= 15 is 0 Å². The van der Waals surface area contributed by atoms with Gasteiger partial charge in [-0.1, -0.05) is 36.4 Å². The molecule has 2 heterocycles. The Morgan fingerprint density at radius 2 is 1.53 bits per heavy atom. The molecule has 0 aliphatic rings. The average molecular weight is 425 g/mol. The maximum absolute atomic E-state index is 13.8. The number of rotatable bonds is 4. The van der Waals surface area contributed by atoms with Crippen LogP contribution in [0.1, 0.15) is 27.0 Å². The maximum atomic E-state index is 13.8. The second-order valence-electron chi connectivity index (χ2n) is 8.20. The average Bonchev–Trinajstić information content (AvgIpc) is 3.23. The topological polar surface area (TPSA) is 69.2 Å². The molecule has 2 aromatic heterocycles. The Morgan fingerprint density at radius 1 is 0.875 bits per heavy atom. The highest BCUT2D eigenvalue weighted by molar-refractivity contribution is 5.94. The third-order valence-electron chi connectivity index (χ3n) is 6.16. The van der Waals surface area contributed by atoms with Crippen molar-refractivity contribution in [3.63, 3.8) is 0 Å². The first-order valence-corrected chi connectivity index (χ1v) is 10.5. The van der Waals surface area contributed by atoms with E-state index in [1.54, 1.807) is 10.6 Å². The fourth-order valence-corrected chi connectivity index (χ4v) is 4.73. The largest absolute Gasteiger partial charge is 0.478 e. The van der Waals surface area contributed by atoms with Crippen LogP contribution in [0.5, 0.6) is 0 Å². The van der Waals surface area contributed by atoms with Crippen LogP contribution in [0.3, 0.4) is 0 Å². The number of nitrogens with zero attached hydrogens (tertiary/aromatic N) is 3. The van der Waals surface area contributed by atoms with Crippen molar-refractivity contribution in [2.75, 3.05) is 0 Å². The van der Waals surface area contributed by atoms with Gasteiger partial charge < -0.3 is 9.67 Å². The number of aromatic carboxylic acids is 1. The molecule has 0 saturated carbocycles.